The van der Waals surface area contributed by atoms with E-state index in [1.165, 1.54) is 37.4 Å². The lowest BCUT2D eigenvalue weighted by molar-refractivity contribution is -0.108. The van der Waals surface area contributed by atoms with Crippen LogP contribution in [0.4, 0.5) is 0 Å². The maximum atomic E-state index is 11.6. The van der Waals surface area contributed by atoms with Crippen molar-refractivity contribution >= 4 is 54.0 Å². The largest absolute Gasteiger partial charge is 0.303 e. The summed E-state index contributed by atoms with van der Waals surface area (Å²) < 4.78 is 0. The van der Waals surface area contributed by atoms with Gasteiger partial charge < -0.3 is 4.79 Å². The lowest BCUT2D eigenvalue weighted by Gasteiger charge is -2.32. The third-order valence-corrected chi connectivity index (χ3v) is 11.9. The maximum absolute atomic E-state index is 11.6. The van der Waals surface area contributed by atoms with Gasteiger partial charge in [-0.1, -0.05) is 151 Å². The third kappa shape index (κ3) is 5.55. The summed E-state index contributed by atoms with van der Waals surface area (Å²) >= 11 is 0. The smallest absolute Gasteiger partial charge is 0.119 e. The number of benzene rings is 4. The zero-order valence-electron chi connectivity index (χ0n) is 21.3. The van der Waals surface area contributed by atoms with Gasteiger partial charge in [0.05, 0.1) is 0 Å². The molecule has 0 spiro atoms. The molecule has 0 saturated heterocycles. The van der Waals surface area contributed by atoms with Crippen molar-refractivity contribution in [2.45, 2.75) is 25.7 Å². The van der Waals surface area contributed by atoms with E-state index in [1.54, 1.807) is 0 Å². The Hall–Kier alpha value is -3.24. The maximum Gasteiger partial charge on any atom is 0.119 e. The fraction of sp³-hybridized carbons (Fsp3) is 0.118. The van der Waals surface area contributed by atoms with Gasteiger partial charge in [-0.2, -0.15) is 28.3 Å². The van der Waals surface area contributed by atoms with Crippen molar-refractivity contribution in [1.82, 2.24) is 0 Å². The van der Waals surface area contributed by atoms with Crippen LogP contribution in [0.15, 0.2) is 133 Å². The monoisotopic (exact) mass is 517 g/mol. The lowest BCUT2D eigenvalue weighted by Crippen LogP contribution is -2.32. The van der Waals surface area contributed by atoms with E-state index >= 15 is 0 Å². The predicted molar refractivity (Wildman–Crippen MR) is 163 cm³/mol. The lowest BCUT2D eigenvalue weighted by atomic mass is 9.84. The molecule has 5 aromatic rings. The van der Waals surface area contributed by atoms with Gasteiger partial charge in [-0.15, -0.1) is 0 Å². The van der Waals surface area contributed by atoms with Crippen molar-refractivity contribution in [3.63, 3.8) is 0 Å². The van der Waals surface area contributed by atoms with E-state index in [4.69, 9.17) is 0 Å². The van der Waals surface area contributed by atoms with Gasteiger partial charge in [0.2, 0.25) is 0 Å². The van der Waals surface area contributed by atoms with Crippen molar-refractivity contribution in [3.05, 3.63) is 139 Å². The molecule has 0 aliphatic rings. The van der Waals surface area contributed by atoms with Crippen LogP contribution in [-0.4, -0.2) is 6.29 Å². The SMILES string of the molecule is CC(C)(CC=O)[c-]1cc(P(c2ccccc2)c2ccccc2)c(P(c2ccccc2)c2ccccc2)c1. The van der Waals surface area contributed by atoms with Gasteiger partial charge in [0.15, 0.2) is 0 Å². The number of hydrogen-bond acceptors (Lipinski definition) is 1. The van der Waals surface area contributed by atoms with Gasteiger partial charge in [0.25, 0.3) is 0 Å². The minimum absolute atomic E-state index is 0.239. The van der Waals surface area contributed by atoms with E-state index < -0.39 is 15.8 Å². The topological polar surface area (TPSA) is 17.1 Å². The van der Waals surface area contributed by atoms with E-state index in [-0.39, 0.29) is 5.41 Å². The van der Waals surface area contributed by atoms with Crippen LogP contribution in [0.25, 0.3) is 0 Å². The highest BCUT2D eigenvalue weighted by Crippen LogP contribution is 2.42. The van der Waals surface area contributed by atoms with Gasteiger partial charge in [0, 0.05) is 6.42 Å². The van der Waals surface area contributed by atoms with Gasteiger partial charge in [0.1, 0.15) is 6.29 Å². The summed E-state index contributed by atoms with van der Waals surface area (Å²) in [5.74, 6) is 0. The second-order valence-corrected chi connectivity index (χ2v) is 14.2. The Bertz CT molecular complexity index is 1250. The van der Waals surface area contributed by atoms with Crippen LogP contribution in [0.1, 0.15) is 25.8 Å². The summed E-state index contributed by atoms with van der Waals surface area (Å²) in [7, 11) is -1.58. The quantitative estimate of drug-likeness (QED) is 0.137. The fourth-order valence-electron chi connectivity index (χ4n) is 4.72. The minimum Gasteiger partial charge on any atom is -0.303 e. The normalized spacial score (nSPS) is 11.7. The van der Waals surface area contributed by atoms with Crippen LogP contribution >= 0.6 is 15.8 Å². The standard InChI is InChI=1S/C34H31OP2/c1-34(2,23-24-35)27-25-32(36(28-15-7-3-8-16-28)29-17-9-4-10-18-29)33(26-27)37(30-19-11-5-12-20-30)31-21-13-6-14-22-31/h3-22,24-26H,23H2,1-2H3/q-1. The Morgan fingerprint density at radius 3 is 1.14 bits per heavy atom. The van der Waals surface area contributed by atoms with Crippen LogP contribution in [0.3, 0.4) is 0 Å². The molecule has 0 radical (unpaired) electrons. The van der Waals surface area contributed by atoms with Crippen molar-refractivity contribution < 1.29 is 4.79 Å². The molecule has 1 nitrogen and oxygen atoms in total. The molecule has 0 atom stereocenters. The van der Waals surface area contributed by atoms with Crippen LogP contribution in [-0.2, 0) is 10.2 Å². The van der Waals surface area contributed by atoms with E-state index in [0.717, 1.165) is 6.29 Å². The molecule has 0 aliphatic carbocycles. The van der Waals surface area contributed by atoms with Gasteiger partial charge in [-0.05, 0) is 26.6 Å². The Balaban J connectivity index is 1.81. The van der Waals surface area contributed by atoms with Crippen molar-refractivity contribution in [2.75, 3.05) is 0 Å². The average Bonchev–Trinajstić information content (AvgIpc) is 3.37. The summed E-state index contributed by atoms with van der Waals surface area (Å²) in [6, 6.07) is 48.4. The molecule has 37 heavy (non-hydrogen) atoms. The molecular weight excluding hydrogens is 486 g/mol. The van der Waals surface area contributed by atoms with Gasteiger partial charge in [-0.3, -0.25) is 0 Å². The number of rotatable bonds is 9. The Labute approximate surface area is 223 Å². The molecule has 0 unspecified atom stereocenters. The molecule has 5 aromatic carbocycles. The Kier molecular flexibility index (Phi) is 7.85. The van der Waals surface area contributed by atoms with E-state index in [9.17, 15) is 4.79 Å². The first kappa shape index (κ1) is 25.4. The molecule has 3 heteroatoms. The summed E-state index contributed by atoms with van der Waals surface area (Å²) in [6.07, 6.45) is 1.56. The highest BCUT2D eigenvalue weighted by Gasteiger charge is 2.24. The highest BCUT2D eigenvalue weighted by atomic mass is 31.1. The summed E-state index contributed by atoms with van der Waals surface area (Å²) in [5.41, 5.74) is 1.00. The summed E-state index contributed by atoms with van der Waals surface area (Å²) in [6.45, 7) is 4.37. The van der Waals surface area contributed by atoms with Crippen LogP contribution < -0.4 is 31.8 Å². The zero-order valence-corrected chi connectivity index (χ0v) is 23.1. The van der Waals surface area contributed by atoms with Crippen molar-refractivity contribution in [3.8, 4) is 0 Å². The molecule has 0 N–H and O–H groups in total. The molecular formula is C34H31OP2-. The number of carbonyl (C=O) groups is 1. The Morgan fingerprint density at radius 2 is 0.865 bits per heavy atom. The minimum atomic E-state index is -0.788. The average molecular weight is 518 g/mol. The predicted octanol–water partition coefficient (Wildman–Crippen LogP) is 5.79. The molecule has 5 rings (SSSR count). The first-order valence-corrected chi connectivity index (χ1v) is 15.3. The second-order valence-electron chi connectivity index (χ2n) is 9.78. The molecule has 0 fully saturated rings. The zero-order chi connectivity index (χ0) is 25.7. The Morgan fingerprint density at radius 1 is 0.568 bits per heavy atom. The van der Waals surface area contributed by atoms with E-state index in [2.05, 4.69) is 147 Å². The summed E-state index contributed by atoms with van der Waals surface area (Å²) in [4.78, 5) is 11.6. The van der Waals surface area contributed by atoms with Gasteiger partial charge in [-0.25, -0.2) is 0 Å². The van der Waals surface area contributed by atoms with Crippen molar-refractivity contribution in [1.29, 1.82) is 0 Å². The number of carbonyl (C=O) groups excluding carboxylic acids is 1. The molecule has 0 bridgehead atoms. The molecule has 0 heterocycles. The molecule has 0 saturated carbocycles. The number of hydrogen-bond donors (Lipinski definition) is 0. The van der Waals surface area contributed by atoms with Gasteiger partial charge >= 0.3 is 0 Å². The highest BCUT2D eigenvalue weighted by molar-refractivity contribution is 7.85. The van der Waals surface area contributed by atoms with E-state index in [1.807, 2.05) is 0 Å². The molecule has 0 amide bonds. The van der Waals surface area contributed by atoms with Crippen molar-refractivity contribution in [2.24, 2.45) is 0 Å². The second kappa shape index (κ2) is 11.4. The number of aldehydes is 1. The molecule has 0 aliphatic heterocycles. The fourth-order valence-corrected chi connectivity index (χ4v) is 10.0. The molecule has 0 aromatic heterocycles. The first-order chi connectivity index (χ1) is 18.1. The first-order valence-electron chi connectivity index (χ1n) is 12.6. The van der Waals surface area contributed by atoms with Crippen LogP contribution in [0.2, 0.25) is 0 Å². The van der Waals surface area contributed by atoms with Crippen LogP contribution in [0.5, 0.6) is 0 Å². The van der Waals surface area contributed by atoms with Crippen LogP contribution in [0, 0.1) is 0 Å². The third-order valence-electron chi connectivity index (χ3n) is 6.76. The van der Waals surface area contributed by atoms with E-state index in [0.29, 0.717) is 6.42 Å². The summed E-state index contributed by atoms with van der Waals surface area (Å²) in [5, 5.41) is 8.14. The molecule has 184 valence electrons.